The molecule has 0 aromatic heterocycles. The van der Waals surface area contributed by atoms with E-state index in [1.165, 1.54) is 15.9 Å². The molecule has 26 heavy (non-hydrogen) atoms. The van der Waals surface area contributed by atoms with E-state index < -0.39 is 18.1 Å². The van der Waals surface area contributed by atoms with Crippen LogP contribution < -0.4 is 0 Å². The maximum atomic E-state index is 12.5. The van der Waals surface area contributed by atoms with E-state index in [0.717, 1.165) is 5.56 Å². The van der Waals surface area contributed by atoms with Gasteiger partial charge in [-0.25, -0.2) is 9.59 Å². The van der Waals surface area contributed by atoms with Crippen molar-refractivity contribution >= 4 is 18.0 Å². The molecule has 1 aromatic rings. The molecule has 0 spiro atoms. The molecule has 1 fully saturated rings. The minimum absolute atomic E-state index is 0.121. The zero-order chi connectivity index (χ0) is 19.1. The lowest BCUT2D eigenvalue weighted by Crippen LogP contribution is -2.45. The Labute approximate surface area is 153 Å². The second kappa shape index (κ2) is 9.03. The van der Waals surface area contributed by atoms with Gasteiger partial charge in [0, 0.05) is 33.1 Å². The third-order valence-corrected chi connectivity index (χ3v) is 3.98. The van der Waals surface area contributed by atoms with Gasteiger partial charge in [-0.1, -0.05) is 30.3 Å². The van der Waals surface area contributed by atoms with Crippen molar-refractivity contribution in [1.82, 2.24) is 9.80 Å². The highest BCUT2D eigenvalue weighted by atomic mass is 16.6. The Balaban J connectivity index is 2.09. The predicted octanol–water partition coefficient (Wildman–Crippen LogP) is 1.98. The minimum atomic E-state index is -0.686. The fraction of sp³-hybridized carbons (Fsp3) is 0.421. The Bertz CT molecular complexity index is 684. The van der Waals surface area contributed by atoms with Crippen LogP contribution in [0.5, 0.6) is 0 Å². The van der Waals surface area contributed by atoms with Gasteiger partial charge in [0.15, 0.2) is 0 Å². The van der Waals surface area contributed by atoms with Crippen molar-refractivity contribution in [3.05, 3.63) is 47.5 Å². The van der Waals surface area contributed by atoms with Gasteiger partial charge in [-0.15, -0.1) is 0 Å². The Kier molecular flexibility index (Phi) is 6.77. The summed E-state index contributed by atoms with van der Waals surface area (Å²) in [6, 6.07) is 8.62. The Morgan fingerprint density at radius 2 is 1.88 bits per heavy atom. The highest BCUT2D eigenvalue weighted by Gasteiger charge is 2.38. The van der Waals surface area contributed by atoms with E-state index in [1.807, 2.05) is 30.3 Å². The number of rotatable bonds is 5. The van der Waals surface area contributed by atoms with Crippen LogP contribution in [0, 0.1) is 0 Å². The largest absolute Gasteiger partial charge is 0.463 e. The predicted molar refractivity (Wildman–Crippen MR) is 95.1 cm³/mol. The van der Waals surface area contributed by atoms with Gasteiger partial charge >= 0.3 is 12.1 Å². The fourth-order valence-corrected chi connectivity index (χ4v) is 2.72. The van der Waals surface area contributed by atoms with E-state index in [-0.39, 0.29) is 32.1 Å². The number of likely N-dealkylation sites (tertiary alicyclic amines) is 1. The summed E-state index contributed by atoms with van der Waals surface area (Å²) < 4.78 is 10.2. The standard InChI is InChI=1S/C19H24N2O5/c1-4-25-17(22)11-15-10-16(18(23)20(2)3)21(12-15)19(24)26-13-14-8-6-5-7-9-14/h5-9,11,16H,4,10,12-13H2,1-3H3/t16-/m0/s1. The van der Waals surface area contributed by atoms with Crippen molar-refractivity contribution in [1.29, 1.82) is 0 Å². The number of hydrogen-bond donors (Lipinski definition) is 0. The molecule has 1 aliphatic rings. The lowest BCUT2D eigenvalue weighted by Gasteiger charge is -2.25. The van der Waals surface area contributed by atoms with Gasteiger partial charge in [-0.2, -0.15) is 0 Å². The molecular weight excluding hydrogens is 336 g/mol. The van der Waals surface area contributed by atoms with Gasteiger partial charge in [0.2, 0.25) is 5.91 Å². The fourth-order valence-electron chi connectivity index (χ4n) is 2.72. The van der Waals surface area contributed by atoms with Gasteiger partial charge in [0.05, 0.1) is 6.61 Å². The van der Waals surface area contributed by atoms with E-state index in [0.29, 0.717) is 5.57 Å². The van der Waals surface area contributed by atoms with E-state index in [4.69, 9.17) is 9.47 Å². The summed E-state index contributed by atoms with van der Waals surface area (Å²) >= 11 is 0. The van der Waals surface area contributed by atoms with Crippen LogP contribution in [0.2, 0.25) is 0 Å². The average Bonchev–Trinajstić information content (AvgIpc) is 3.03. The molecule has 1 heterocycles. The monoisotopic (exact) mass is 360 g/mol. The summed E-state index contributed by atoms with van der Waals surface area (Å²) in [5, 5.41) is 0. The first-order valence-corrected chi connectivity index (χ1v) is 8.47. The molecule has 0 radical (unpaired) electrons. The number of benzene rings is 1. The number of esters is 1. The normalized spacial score (nSPS) is 17.9. The van der Waals surface area contributed by atoms with E-state index >= 15 is 0 Å². The lowest BCUT2D eigenvalue weighted by atomic mass is 10.1. The third kappa shape index (κ3) is 5.08. The smallest absolute Gasteiger partial charge is 0.411 e. The highest BCUT2D eigenvalue weighted by Crippen LogP contribution is 2.25. The third-order valence-electron chi connectivity index (χ3n) is 3.98. The quantitative estimate of drug-likeness (QED) is 0.593. The van der Waals surface area contributed by atoms with Crippen molar-refractivity contribution in [2.75, 3.05) is 27.2 Å². The first kappa shape index (κ1) is 19.5. The summed E-state index contributed by atoms with van der Waals surface area (Å²) in [4.78, 5) is 39.4. The SMILES string of the molecule is CCOC(=O)C=C1C[C@@H](C(=O)N(C)C)N(C(=O)OCc2ccccc2)C1. The molecule has 0 saturated carbocycles. The second-order valence-corrected chi connectivity index (χ2v) is 6.18. The van der Waals surface area contributed by atoms with Crippen LogP contribution in [0.15, 0.2) is 42.0 Å². The van der Waals surface area contributed by atoms with Crippen LogP contribution in [0.4, 0.5) is 4.79 Å². The Morgan fingerprint density at radius 3 is 2.50 bits per heavy atom. The summed E-state index contributed by atoms with van der Waals surface area (Å²) in [5.74, 6) is -0.688. The number of amides is 2. The van der Waals surface area contributed by atoms with E-state index in [9.17, 15) is 14.4 Å². The van der Waals surface area contributed by atoms with Crippen LogP contribution in [-0.2, 0) is 25.7 Å². The van der Waals surface area contributed by atoms with Gasteiger partial charge in [-0.05, 0) is 18.1 Å². The van der Waals surface area contributed by atoms with Gasteiger partial charge in [0.25, 0.3) is 0 Å². The molecular formula is C19H24N2O5. The van der Waals surface area contributed by atoms with Crippen LogP contribution >= 0.6 is 0 Å². The molecule has 1 aromatic carbocycles. The van der Waals surface area contributed by atoms with E-state index in [1.54, 1.807) is 21.0 Å². The van der Waals surface area contributed by atoms with Crippen molar-refractivity contribution in [3.8, 4) is 0 Å². The molecule has 0 N–H and O–H groups in total. The lowest BCUT2D eigenvalue weighted by molar-refractivity contribution is -0.137. The number of nitrogens with zero attached hydrogens (tertiary/aromatic N) is 2. The van der Waals surface area contributed by atoms with Crippen molar-refractivity contribution in [2.45, 2.75) is 26.0 Å². The maximum Gasteiger partial charge on any atom is 0.411 e. The van der Waals surface area contributed by atoms with Gasteiger partial charge in [0.1, 0.15) is 12.6 Å². The molecule has 7 nitrogen and oxygen atoms in total. The van der Waals surface area contributed by atoms with Crippen LogP contribution in [0.3, 0.4) is 0 Å². The van der Waals surface area contributed by atoms with E-state index in [2.05, 4.69) is 0 Å². The number of hydrogen-bond acceptors (Lipinski definition) is 5. The topological polar surface area (TPSA) is 76.2 Å². The van der Waals surface area contributed by atoms with Crippen molar-refractivity contribution < 1.29 is 23.9 Å². The zero-order valence-electron chi connectivity index (χ0n) is 15.3. The van der Waals surface area contributed by atoms with Crippen LogP contribution in [0.1, 0.15) is 18.9 Å². The summed E-state index contributed by atoms with van der Waals surface area (Å²) in [7, 11) is 3.26. The molecule has 7 heteroatoms. The number of carbonyl (C=O) groups excluding carboxylic acids is 3. The first-order valence-electron chi connectivity index (χ1n) is 8.47. The summed E-state index contributed by atoms with van der Waals surface area (Å²) in [6.45, 7) is 2.27. The molecule has 140 valence electrons. The molecule has 0 aliphatic carbocycles. The Morgan fingerprint density at radius 1 is 1.19 bits per heavy atom. The van der Waals surface area contributed by atoms with Gasteiger partial charge in [-0.3, -0.25) is 9.69 Å². The highest BCUT2D eigenvalue weighted by molar-refractivity contribution is 5.88. The molecule has 2 rings (SSSR count). The van der Waals surface area contributed by atoms with Crippen molar-refractivity contribution in [2.24, 2.45) is 0 Å². The number of likely N-dealkylation sites (N-methyl/N-ethyl adjacent to an activating group) is 1. The first-order chi connectivity index (χ1) is 12.4. The zero-order valence-corrected chi connectivity index (χ0v) is 15.3. The van der Waals surface area contributed by atoms with Crippen LogP contribution in [0.25, 0.3) is 0 Å². The molecule has 2 amide bonds. The summed E-state index contributed by atoms with van der Waals surface area (Å²) in [5.41, 5.74) is 1.53. The average molecular weight is 360 g/mol. The van der Waals surface area contributed by atoms with Gasteiger partial charge < -0.3 is 14.4 Å². The summed E-state index contributed by atoms with van der Waals surface area (Å²) in [6.07, 6.45) is 1.06. The van der Waals surface area contributed by atoms with Crippen LogP contribution in [-0.4, -0.2) is 61.1 Å². The second-order valence-electron chi connectivity index (χ2n) is 6.18. The molecule has 0 bridgehead atoms. The Hall–Kier alpha value is -2.83. The molecule has 0 unspecified atom stereocenters. The number of ether oxygens (including phenoxy) is 2. The minimum Gasteiger partial charge on any atom is -0.463 e. The number of carbonyl (C=O) groups is 3. The molecule has 1 saturated heterocycles. The maximum absolute atomic E-state index is 12.5. The van der Waals surface area contributed by atoms with Crippen molar-refractivity contribution in [3.63, 3.8) is 0 Å². The molecule has 1 aliphatic heterocycles. The molecule has 1 atom stereocenters.